The number of carboxylic acid groups (broad SMARTS) is 1. The number of aliphatic carboxylic acids is 1. The van der Waals surface area contributed by atoms with E-state index in [-0.39, 0.29) is 18.2 Å². The van der Waals surface area contributed by atoms with Gasteiger partial charge in [0.1, 0.15) is 0 Å². The largest absolute Gasteiger partial charge is 0.481 e. The fourth-order valence-corrected chi connectivity index (χ4v) is 1.89. The first-order valence-electron chi connectivity index (χ1n) is 6.01. The second kappa shape index (κ2) is 5.68. The molecule has 1 aromatic heterocycles. The van der Waals surface area contributed by atoms with Crippen LogP contribution >= 0.6 is 0 Å². The highest BCUT2D eigenvalue weighted by Gasteiger charge is 2.35. The number of carboxylic acids is 1. The number of carbonyl (C=O) groups is 1. The van der Waals surface area contributed by atoms with Gasteiger partial charge in [0.15, 0.2) is 0 Å². The van der Waals surface area contributed by atoms with E-state index < -0.39 is 16.3 Å². The summed E-state index contributed by atoms with van der Waals surface area (Å²) in [5.41, 5.74) is -0.932. The summed E-state index contributed by atoms with van der Waals surface area (Å²) in [6, 6.07) is 0. The second-order valence-corrected chi connectivity index (χ2v) is 4.43. The van der Waals surface area contributed by atoms with Crippen molar-refractivity contribution in [2.75, 3.05) is 11.9 Å². The molecule has 0 radical (unpaired) electrons. The summed E-state index contributed by atoms with van der Waals surface area (Å²) < 4.78 is 1.47. The smallest absolute Gasteiger partial charge is 0.406 e. The Labute approximate surface area is 110 Å². The average molecular weight is 270 g/mol. The van der Waals surface area contributed by atoms with Crippen molar-refractivity contribution in [3.63, 3.8) is 0 Å². The number of nitrogens with one attached hydrogen (secondary N) is 1. The van der Waals surface area contributed by atoms with Crippen molar-refractivity contribution >= 4 is 17.6 Å². The molecule has 0 aliphatic heterocycles. The van der Waals surface area contributed by atoms with Gasteiger partial charge in [0, 0.05) is 13.6 Å². The molecule has 0 saturated heterocycles. The lowest BCUT2D eigenvalue weighted by molar-refractivity contribution is -0.388. The van der Waals surface area contributed by atoms with Crippen LogP contribution in [0.3, 0.4) is 0 Å². The van der Waals surface area contributed by atoms with Gasteiger partial charge >= 0.3 is 11.8 Å². The van der Waals surface area contributed by atoms with Gasteiger partial charge in [-0.05, 0) is 22.7 Å². The predicted molar refractivity (Wildman–Crippen MR) is 69.0 cm³/mol. The number of hydrogen-bond donors (Lipinski definition) is 2. The molecule has 0 amide bonds. The minimum Gasteiger partial charge on any atom is -0.481 e. The van der Waals surface area contributed by atoms with Gasteiger partial charge < -0.3 is 20.5 Å². The van der Waals surface area contributed by atoms with Crippen molar-refractivity contribution < 1.29 is 14.8 Å². The Morgan fingerprint density at radius 1 is 1.58 bits per heavy atom. The monoisotopic (exact) mass is 270 g/mol. The Morgan fingerprint density at radius 2 is 2.16 bits per heavy atom. The molecule has 8 heteroatoms. The van der Waals surface area contributed by atoms with E-state index in [1.54, 1.807) is 20.9 Å². The lowest BCUT2D eigenvalue weighted by Crippen LogP contribution is -2.37. The molecule has 0 saturated carbocycles. The lowest BCUT2D eigenvalue weighted by Gasteiger charge is -2.27. The van der Waals surface area contributed by atoms with E-state index in [1.807, 2.05) is 0 Å². The van der Waals surface area contributed by atoms with Crippen LogP contribution in [0.15, 0.2) is 6.33 Å². The third kappa shape index (κ3) is 2.83. The first-order valence-corrected chi connectivity index (χ1v) is 6.01. The maximum atomic E-state index is 11.4. The summed E-state index contributed by atoms with van der Waals surface area (Å²) in [6.07, 6.45) is 2.20. The average Bonchev–Trinajstić information content (AvgIpc) is 2.72. The number of imidazole rings is 1. The Balaban J connectivity index is 2.95. The minimum absolute atomic E-state index is 0.121. The third-order valence-electron chi connectivity index (χ3n) is 3.49. The molecular formula is C11H18N4O4. The van der Waals surface area contributed by atoms with Crippen molar-refractivity contribution in [2.24, 2.45) is 12.5 Å². The molecule has 0 aliphatic rings. The number of aromatic nitrogens is 2. The highest BCUT2D eigenvalue weighted by atomic mass is 16.6. The van der Waals surface area contributed by atoms with Crippen LogP contribution in [-0.2, 0) is 11.8 Å². The molecule has 0 fully saturated rings. The number of anilines is 1. The highest BCUT2D eigenvalue weighted by Crippen LogP contribution is 2.29. The topological polar surface area (TPSA) is 110 Å². The lowest BCUT2D eigenvalue weighted by atomic mass is 9.82. The van der Waals surface area contributed by atoms with E-state index in [4.69, 9.17) is 0 Å². The Bertz CT molecular complexity index is 479. The molecule has 8 nitrogen and oxygen atoms in total. The summed E-state index contributed by atoms with van der Waals surface area (Å²) >= 11 is 0. The van der Waals surface area contributed by atoms with Crippen LogP contribution in [0.4, 0.5) is 11.6 Å². The van der Waals surface area contributed by atoms with Crippen molar-refractivity contribution in [1.29, 1.82) is 0 Å². The zero-order chi connectivity index (χ0) is 14.6. The van der Waals surface area contributed by atoms with Gasteiger partial charge in [0.25, 0.3) is 0 Å². The zero-order valence-electron chi connectivity index (χ0n) is 11.2. The zero-order valence-corrected chi connectivity index (χ0v) is 11.2. The number of nitrogens with zero attached hydrogens (tertiary/aromatic N) is 3. The van der Waals surface area contributed by atoms with Gasteiger partial charge in [-0.1, -0.05) is 13.8 Å². The summed E-state index contributed by atoms with van der Waals surface area (Å²) in [5, 5.41) is 23.0. The molecular weight excluding hydrogens is 252 g/mol. The molecule has 0 atom stereocenters. The van der Waals surface area contributed by atoms with Crippen LogP contribution in [-0.4, -0.2) is 32.1 Å². The van der Waals surface area contributed by atoms with Crippen molar-refractivity contribution in [1.82, 2.24) is 9.55 Å². The maximum Gasteiger partial charge on any atom is 0.406 e. The molecule has 0 unspecified atom stereocenters. The van der Waals surface area contributed by atoms with E-state index in [2.05, 4.69) is 10.3 Å². The molecule has 1 rings (SSSR count). The predicted octanol–water partition coefficient (Wildman–Crippen LogP) is 1.63. The van der Waals surface area contributed by atoms with Gasteiger partial charge in [-0.15, -0.1) is 0 Å². The van der Waals surface area contributed by atoms with Gasteiger partial charge in [-0.2, -0.15) is 0 Å². The quantitative estimate of drug-likeness (QED) is 0.575. The Morgan fingerprint density at radius 3 is 2.58 bits per heavy atom. The molecule has 106 valence electrons. The normalized spacial score (nSPS) is 11.3. The number of nitro groups is 1. The van der Waals surface area contributed by atoms with E-state index in [9.17, 15) is 20.0 Å². The molecule has 1 heterocycles. The van der Waals surface area contributed by atoms with Gasteiger partial charge in [0.05, 0.1) is 5.41 Å². The van der Waals surface area contributed by atoms with Crippen molar-refractivity contribution in [3.8, 4) is 0 Å². The van der Waals surface area contributed by atoms with Crippen molar-refractivity contribution in [2.45, 2.75) is 26.7 Å². The maximum absolute atomic E-state index is 11.4. The minimum atomic E-state index is -0.932. The summed E-state index contributed by atoms with van der Waals surface area (Å²) in [4.78, 5) is 25.2. The van der Waals surface area contributed by atoms with Gasteiger partial charge in [-0.25, -0.2) is 0 Å². The SMILES string of the molecule is CCC(CC)(CNc1c([N+](=O)[O-])ncn1C)C(=O)O. The molecule has 0 bridgehead atoms. The Kier molecular flexibility index (Phi) is 4.47. The standard InChI is InChI=1S/C11H18N4O4/c1-4-11(5-2,10(16)17)6-12-8-9(15(18)19)13-7-14(8)3/h7,12H,4-6H2,1-3H3,(H,16,17). The van der Waals surface area contributed by atoms with E-state index in [0.29, 0.717) is 12.8 Å². The number of rotatable bonds is 7. The fourth-order valence-electron chi connectivity index (χ4n) is 1.89. The van der Waals surface area contributed by atoms with Crippen LogP contribution in [0.25, 0.3) is 0 Å². The Hall–Kier alpha value is -2.12. The van der Waals surface area contributed by atoms with Crippen LogP contribution in [0, 0.1) is 15.5 Å². The highest BCUT2D eigenvalue weighted by molar-refractivity contribution is 5.75. The van der Waals surface area contributed by atoms with Crippen molar-refractivity contribution in [3.05, 3.63) is 16.4 Å². The van der Waals surface area contributed by atoms with E-state index in [1.165, 1.54) is 10.9 Å². The first kappa shape index (κ1) is 14.9. The summed E-state index contributed by atoms with van der Waals surface area (Å²) in [7, 11) is 1.61. The van der Waals surface area contributed by atoms with Crippen LogP contribution in [0.2, 0.25) is 0 Å². The second-order valence-electron chi connectivity index (χ2n) is 4.43. The first-order chi connectivity index (χ1) is 8.88. The third-order valence-corrected chi connectivity index (χ3v) is 3.49. The molecule has 0 spiro atoms. The molecule has 0 aromatic carbocycles. The number of aryl methyl sites for hydroxylation is 1. The van der Waals surface area contributed by atoms with Gasteiger partial charge in [0.2, 0.25) is 12.1 Å². The molecule has 1 aromatic rings. The summed E-state index contributed by atoms with van der Waals surface area (Å²) in [6.45, 7) is 3.70. The van der Waals surface area contributed by atoms with Crippen LogP contribution < -0.4 is 5.32 Å². The number of hydrogen-bond acceptors (Lipinski definition) is 5. The van der Waals surface area contributed by atoms with Crippen LogP contribution in [0.1, 0.15) is 26.7 Å². The summed E-state index contributed by atoms with van der Waals surface area (Å²) in [5.74, 6) is -0.985. The van der Waals surface area contributed by atoms with Gasteiger partial charge in [-0.3, -0.25) is 9.36 Å². The molecule has 2 N–H and O–H groups in total. The van der Waals surface area contributed by atoms with E-state index in [0.717, 1.165) is 0 Å². The fraction of sp³-hybridized carbons (Fsp3) is 0.636. The van der Waals surface area contributed by atoms with E-state index >= 15 is 0 Å². The van der Waals surface area contributed by atoms with Crippen LogP contribution in [0.5, 0.6) is 0 Å². The molecule has 0 aliphatic carbocycles. The molecule has 19 heavy (non-hydrogen) atoms.